The summed E-state index contributed by atoms with van der Waals surface area (Å²) >= 11 is 3.52. The maximum atomic E-state index is 8.70. The highest BCUT2D eigenvalue weighted by Gasteiger charge is 2.25. The van der Waals surface area contributed by atoms with Gasteiger partial charge in [0, 0.05) is 4.91 Å². The second-order valence-electron chi connectivity index (χ2n) is 2.36. The van der Waals surface area contributed by atoms with Crippen LogP contribution >= 0.6 is 23.5 Å². The number of thioether (sulfide) groups is 2. The summed E-state index contributed by atoms with van der Waals surface area (Å²) in [6, 6.07) is 0. The van der Waals surface area contributed by atoms with E-state index < -0.39 is 0 Å². The number of hydrogen-bond acceptors (Lipinski definition) is 3. The minimum atomic E-state index is 0.196. The molecule has 0 bridgehead atoms. The van der Waals surface area contributed by atoms with Crippen molar-refractivity contribution < 1.29 is 5.11 Å². The fourth-order valence-corrected chi connectivity index (χ4v) is 2.82. The van der Waals surface area contributed by atoms with Crippen molar-refractivity contribution >= 4 is 23.5 Å². The molecule has 0 aliphatic carbocycles. The summed E-state index contributed by atoms with van der Waals surface area (Å²) in [5, 5.41) is 10.7. The maximum Gasteiger partial charge on any atom is 0.0746 e. The molecule has 52 valence electrons. The van der Waals surface area contributed by atoms with E-state index in [-0.39, 0.29) is 10.7 Å². The van der Waals surface area contributed by atoms with Gasteiger partial charge in [0.05, 0.1) is 10.7 Å². The van der Waals surface area contributed by atoms with Crippen molar-refractivity contribution in [3.05, 3.63) is 10.3 Å². The molecule has 1 nitrogen and oxygen atoms in total. The van der Waals surface area contributed by atoms with Crippen LogP contribution in [0.1, 0.15) is 13.8 Å². The molecule has 0 atom stereocenters. The highest BCUT2D eigenvalue weighted by Crippen LogP contribution is 2.48. The van der Waals surface area contributed by atoms with Crippen LogP contribution in [0.2, 0.25) is 0 Å². The zero-order valence-corrected chi connectivity index (χ0v) is 7.18. The smallest absolute Gasteiger partial charge is 0.0746 e. The van der Waals surface area contributed by atoms with E-state index >= 15 is 0 Å². The molecule has 0 aromatic carbocycles. The lowest BCUT2D eigenvalue weighted by molar-refractivity contribution is 0.340. The van der Waals surface area contributed by atoms with Gasteiger partial charge in [-0.2, -0.15) is 0 Å². The first kappa shape index (κ1) is 7.51. The zero-order chi connectivity index (χ0) is 6.91. The van der Waals surface area contributed by atoms with Crippen molar-refractivity contribution in [2.45, 2.75) is 17.9 Å². The van der Waals surface area contributed by atoms with Gasteiger partial charge < -0.3 is 5.11 Å². The van der Waals surface area contributed by atoms with Crippen LogP contribution in [0.4, 0.5) is 0 Å². The number of aliphatic hydroxyl groups excluding tert-OH is 1. The van der Waals surface area contributed by atoms with Crippen LogP contribution in [0.15, 0.2) is 10.3 Å². The lowest BCUT2D eigenvalue weighted by Gasteiger charge is -2.13. The molecule has 0 fully saturated rings. The Bertz CT molecular complexity index is 140. The van der Waals surface area contributed by atoms with E-state index in [1.807, 2.05) is 5.41 Å². The first-order valence-corrected chi connectivity index (χ1v) is 4.50. The van der Waals surface area contributed by atoms with Gasteiger partial charge in [0.25, 0.3) is 0 Å². The number of rotatable bonds is 1. The third-order valence-electron chi connectivity index (χ3n) is 1.01. The van der Waals surface area contributed by atoms with Crippen molar-refractivity contribution in [2.75, 3.05) is 6.61 Å². The molecular formula is C6H10OS2. The Morgan fingerprint density at radius 2 is 2.33 bits per heavy atom. The van der Waals surface area contributed by atoms with Crippen LogP contribution in [-0.4, -0.2) is 15.8 Å². The lowest BCUT2D eigenvalue weighted by atomic mass is 10.5. The largest absolute Gasteiger partial charge is 0.391 e. The summed E-state index contributed by atoms with van der Waals surface area (Å²) in [6.07, 6.45) is 0. The summed E-state index contributed by atoms with van der Waals surface area (Å²) in [5.74, 6) is 0. The van der Waals surface area contributed by atoms with E-state index in [0.29, 0.717) is 0 Å². The van der Waals surface area contributed by atoms with E-state index in [2.05, 4.69) is 13.8 Å². The van der Waals surface area contributed by atoms with E-state index in [9.17, 15) is 0 Å². The van der Waals surface area contributed by atoms with Gasteiger partial charge in [-0.05, 0) is 19.3 Å². The van der Waals surface area contributed by atoms with Gasteiger partial charge in [-0.15, -0.1) is 23.5 Å². The summed E-state index contributed by atoms with van der Waals surface area (Å²) < 4.78 is 0.248. The van der Waals surface area contributed by atoms with Gasteiger partial charge in [0.2, 0.25) is 0 Å². The Morgan fingerprint density at radius 1 is 1.67 bits per heavy atom. The second-order valence-corrected chi connectivity index (χ2v) is 5.86. The monoisotopic (exact) mass is 162 g/mol. The fourth-order valence-electron chi connectivity index (χ4n) is 0.641. The topological polar surface area (TPSA) is 20.2 Å². The maximum absolute atomic E-state index is 8.70. The standard InChI is InChI=1S/C6H10OS2/c1-6(2)8-4-5(3-7)9-6/h4,7H,3H2,1-2H3. The molecule has 0 spiro atoms. The zero-order valence-electron chi connectivity index (χ0n) is 5.55. The summed E-state index contributed by atoms with van der Waals surface area (Å²) in [4.78, 5) is 1.09. The Kier molecular flexibility index (Phi) is 2.14. The Morgan fingerprint density at radius 3 is 2.56 bits per heavy atom. The van der Waals surface area contributed by atoms with Crippen LogP contribution in [0.3, 0.4) is 0 Å². The minimum absolute atomic E-state index is 0.196. The third-order valence-corrected chi connectivity index (χ3v) is 3.67. The Balaban J connectivity index is 2.50. The highest BCUT2D eigenvalue weighted by molar-refractivity contribution is 8.24. The van der Waals surface area contributed by atoms with Gasteiger partial charge in [-0.3, -0.25) is 0 Å². The highest BCUT2D eigenvalue weighted by atomic mass is 32.2. The number of aliphatic hydroxyl groups is 1. The third kappa shape index (κ3) is 1.92. The molecule has 0 unspecified atom stereocenters. The molecule has 0 saturated carbocycles. The Labute approximate surface area is 63.9 Å². The van der Waals surface area contributed by atoms with Gasteiger partial charge >= 0.3 is 0 Å². The average molecular weight is 162 g/mol. The van der Waals surface area contributed by atoms with E-state index in [1.54, 1.807) is 23.5 Å². The normalized spacial score (nSPS) is 24.1. The van der Waals surface area contributed by atoms with Crippen molar-refractivity contribution in [3.63, 3.8) is 0 Å². The van der Waals surface area contributed by atoms with Crippen molar-refractivity contribution in [3.8, 4) is 0 Å². The first-order chi connectivity index (χ1) is 4.14. The summed E-state index contributed by atoms with van der Waals surface area (Å²) in [7, 11) is 0. The molecule has 1 aliphatic heterocycles. The molecule has 1 aliphatic rings. The molecule has 9 heavy (non-hydrogen) atoms. The minimum Gasteiger partial charge on any atom is -0.391 e. The molecule has 3 heteroatoms. The quantitative estimate of drug-likeness (QED) is 0.637. The molecule has 0 radical (unpaired) electrons. The first-order valence-electron chi connectivity index (χ1n) is 2.81. The van der Waals surface area contributed by atoms with Crippen molar-refractivity contribution in [1.82, 2.24) is 0 Å². The molecular weight excluding hydrogens is 152 g/mol. The van der Waals surface area contributed by atoms with Gasteiger partial charge in [0.15, 0.2) is 0 Å². The molecule has 0 aromatic heterocycles. The van der Waals surface area contributed by atoms with Crippen molar-refractivity contribution in [1.29, 1.82) is 0 Å². The van der Waals surface area contributed by atoms with E-state index in [4.69, 9.17) is 5.11 Å². The van der Waals surface area contributed by atoms with E-state index in [1.165, 1.54) is 0 Å². The van der Waals surface area contributed by atoms with E-state index in [0.717, 1.165) is 4.91 Å². The van der Waals surface area contributed by atoms with Crippen molar-refractivity contribution in [2.24, 2.45) is 0 Å². The van der Waals surface area contributed by atoms with Crippen LogP contribution in [0, 0.1) is 0 Å². The molecule has 1 heterocycles. The predicted molar refractivity (Wildman–Crippen MR) is 44.4 cm³/mol. The fraction of sp³-hybridized carbons (Fsp3) is 0.667. The van der Waals surface area contributed by atoms with Gasteiger partial charge in [0.1, 0.15) is 0 Å². The van der Waals surface area contributed by atoms with Crippen LogP contribution in [0.5, 0.6) is 0 Å². The molecule has 1 rings (SSSR count). The number of hydrogen-bond donors (Lipinski definition) is 1. The van der Waals surface area contributed by atoms with Gasteiger partial charge in [-0.1, -0.05) is 0 Å². The average Bonchev–Trinajstić information content (AvgIpc) is 2.10. The Hall–Kier alpha value is 0.400. The molecule has 0 aromatic rings. The predicted octanol–water partition coefficient (Wildman–Crippen LogP) is 2.04. The lowest BCUT2D eigenvalue weighted by Crippen LogP contribution is -2.02. The summed E-state index contributed by atoms with van der Waals surface area (Å²) in [5.41, 5.74) is 0. The van der Waals surface area contributed by atoms with Crippen LogP contribution in [0.25, 0.3) is 0 Å². The second kappa shape index (κ2) is 2.56. The molecule has 0 saturated heterocycles. The van der Waals surface area contributed by atoms with Crippen LogP contribution < -0.4 is 0 Å². The van der Waals surface area contributed by atoms with Gasteiger partial charge in [-0.25, -0.2) is 0 Å². The van der Waals surface area contributed by atoms with Crippen LogP contribution in [-0.2, 0) is 0 Å². The molecule has 1 N–H and O–H groups in total. The molecule has 0 amide bonds. The summed E-state index contributed by atoms with van der Waals surface area (Å²) in [6.45, 7) is 4.50. The SMILES string of the molecule is CC1(C)SC=C(CO)S1.